The number of hydrogen-bond donors (Lipinski definition) is 1. The summed E-state index contributed by atoms with van der Waals surface area (Å²) >= 11 is 1.08. The van der Waals surface area contributed by atoms with Gasteiger partial charge < -0.3 is 9.47 Å². The number of amides is 1. The summed E-state index contributed by atoms with van der Waals surface area (Å²) in [5, 5.41) is 14.3. The van der Waals surface area contributed by atoms with E-state index >= 15 is 0 Å². The van der Waals surface area contributed by atoms with Gasteiger partial charge in [-0.3, -0.25) is 20.2 Å². The average Bonchev–Trinajstić information content (AvgIpc) is 3.29. The molecule has 1 heterocycles. The van der Waals surface area contributed by atoms with E-state index in [1.165, 1.54) is 30.7 Å². The second kappa shape index (κ2) is 12.3. The second-order valence-corrected chi connectivity index (χ2v) is 11.2. The Balaban J connectivity index is 1.91. The Morgan fingerprint density at radius 2 is 1.70 bits per heavy atom. The number of carbonyl (C=O) groups excluding carboxylic acids is 1. The van der Waals surface area contributed by atoms with Crippen LogP contribution in [0.4, 0.5) is 10.8 Å². The van der Waals surface area contributed by atoms with Crippen molar-refractivity contribution in [3.8, 4) is 11.5 Å². The first-order chi connectivity index (χ1) is 17.7. The summed E-state index contributed by atoms with van der Waals surface area (Å²) in [5.41, 5.74) is -0.189. The van der Waals surface area contributed by atoms with Gasteiger partial charge in [0, 0.05) is 19.2 Å². The molecule has 13 heteroatoms. The lowest BCUT2D eigenvalue weighted by atomic mass is 10.1. The molecule has 3 rings (SSSR count). The third-order valence-electron chi connectivity index (χ3n) is 5.68. The van der Waals surface area contributed by atoms with E-state index in [0.29, 0.717) is 23.3 Å². The van der Waals surface area contributed by atoms with Crippen LogP contribution in [0.3, 0.4) is 0 Å². The molecule has 37 heavy (non-hydrogen) atoms. The summed E-state index contributed by atoms with van der Waals surface area (Å²) in [5.74, 6) is -0.482. The fourth-order valence-electron chi connectivity index (χ4n) is 3.65. The van der Waals surface area contributed by atoms with Crippen molar-refractivity contribution in [2.75, 3.05) is 32.6 Å². The van der Waals surface area contributed by atoms with E-state index in [9.17, 15) is 23.3 Å². The van der Waals surface area contributed by atoms with E-state index in [1.807, 2.05) is 13.8 Å². The molecule has 0 aliphatic carbocycles. The predicted molar refractivity (Wildman–Crippen MR) is 142 cm³/mol. The first kappa shape index (κ1) is 28.3. The van der Waals surface area contributed by atoms with Crippen LogP contribution in [0, 0.1) is 10.1 Å². The zero-order valence-corrected chi connectivity index (χ0v) is 22.8. The van der Waals surface area contributed by atoms with Crippen LogP contribution >= 0.6 is 11.3 Å². The van der Waals surface area contributed by atoms with Gasteiger partial charge in [0.2, 0.25) is 10.0 Å². The number of benzene rings is 2. The molecule has 0 atom stereocenters. The summed E-state index contributed by atoms with van der Waals surface area (Å²) in [6.45, 7) is 4.93. The maximum absolute atomic E-state index is 13.3. The van der Waals surface area contributed by atoms with Gasteiger partial charge in [0.05, 0.1) is 40.3 Å². The van der Waals surface area contributed by atoms with Crippen LogP contribution in [-0.4, -0.2) is 55.8 Å². The molecule has 0 fully saturated rings. The Bertz CT molecular complexity index is 1380. The number of carbonyl (C=O) groups is 1. The molecule has 0 bridgehead atoms. The number of unbranched alkanes of at least 4 members (excludes halogenated alkanes) is 2. The Kier molecular flexibility index (Phi) is 9.40. The molecule has 0 saturated carbocycles. The fourth-order valence-corrected chi connectivity index (χ4v) is 6.17. The third-order valence-corrected chi connectivity index (χ3v) is 8.51. The molecule has 3 aromatic rings. The monoisotopic (exact) mass is 550 g/mol. The SMILES string of the molecule is CCCCN(CCCC)S(=O)(=O)c1ccc2nc(NC(=O)c3cc(OC)c(OC)cc3[N+](=O)[O-])sc2c1. The molecule has 0 aliphatic heterocycles. The molecule has 0 saturated heterocycles. The van der Waals surface area contributed by atoms with Crippen molar-refractivity contribution in [2.24, 2.45) is 0 Å². The number of methoxy groups -OCH3 is 2. The molecular formula is C24H30N4O7S2. The standard InChI is InChI=1S/C24H30N4O7S2/c1-5-7-11-27(12-8-6-2)37(32,33)16-9-10-18-22(13-16)36-24(25-18)26-23(29)17-14-20(34-3)21(35-4)15-19(17)28(30)31/h9-10,13-15H,5-8,11-12H2,1-4H3,(H,25,26,29). The Morgan fingerprint density at radius 3 is 2.27 bits per heavy atom. The predicted octanol–water partition coefficient (Wildman–Crippen LogP) is 5.06. The van der Waals surface area contributed by atoms with Crippen LogP contribution in [0.1, 0.15) is 49.9 Å². The summed E-state index contributed by atoms with van der Waals surface area (Å²) in [4.78, 5) is 28.3. The summed E-state index contributed by atoms with van der Waals surface area (Å²) in [6.07, 6.45) is 3.30. The van der Waals surface area contributed by atoms with Crippen molar-refractivity contribution in [1.29, 1.82) is 0 Å². The number of fused-ring (bicyclic) bond motifs is 1. The normalized spacial score (nSPS) is 11.6. The number of nitrogens with zero attached hydrogens (tertiary/aromatic N) is 3. The number of nitrogens with one attached hydrogen (secondary N) is 1. The van der Waals surface area contributed by atoms with Crippen molar-refractivity contribution in [2.45, 2.75) is 44.4 Å². The van der Waals surface area contributed by atoms with Gasteiger partial charge >= 0.3 is 0 Å². The molecular weight excluding hydrogens is 520 g/mol. The van der Waals surface area contributed by atoms with Crippen LogP contribution in [0.25, 0.3) is 10.2 Å². The molecule has 200 valence electrons. The highest BCUT2D eigenvalue weighted by atomic mass is 32.2. The number of thiazole rings is 1. The average molecular weight is 551 g/mol. The second-order valence-electron chi connectivity index (χ2n) is 8.20. The van der Waals surface area contributed by atoms with Gasteiger partial charge in [0.15, 0.2) is 16.6 Å². The lowest BCUT2D eigenvalue weighted by molar-refractivity contribution is -0.385. The van der Waals surface area contributed by atoms with E-state index in [2.05, 4.69) is 10.3 Å². The first-order valence-corrected chi connectivity index (χ1v) is 14.0. The minimum Gasteiger partial charge on any atom is -0.493 e. The summed E-state index contributed by atoms with van der Waals surface area (Å²) in [7, 11) is -1.00. The summed E-state index contributed by atoms with van der Waals surface area (Å²) < 4.78 is 39.0. The van der Waals surface area contributed by atoms with Gasteiger partial charge in [-0.05, 0) is 31.0 Å². The number of nitro benzene ring substituents is 1. The van der Waals surface area contributed by atoms with Gasteiger partial charge in [-0.2, -0.15) is 4.31 Å². The number of nitro groups is 1. The molecule has 0 radical (unpaired) electrons. The molecule has 0 unspecified atom stereocenters. The molecule has 1 N–H and O–H groups in total. The number of ether oxygens (including phenoxy) is 2. The zero-order valence-electron chi connectivity index (χ0n) is 21.1. The van der Waals surface area contributed by atoms with Crippen LogP contribution < -0.4 is 14.8 Å². The Morgan fingerprint density at radius 1 is 1.08 bits per heavy atom. The van der Waals surface area contributed by atoms with E-state index in [1.54, 1.807) is 12.1 Å². The smallest absolute Gasteiger partial charge is 0.286 e. The highest BCUT2D eigenvalue weighted by molar-refractivity contribution is 7.89. The van der Waals surface area contributed by atoms with Crippen molar-refractivity contribution >= 4 is 48.3 Å². The van der Waals surface area contributed by atoms with Crippen molar-refractivity contribution < 1.29 is 27.6 Å². The number of anilines is 1. The Labute approximate surface area is 219 Å². The van der Waals surface area contributed by atoms with E-state index in [0.717, 1.165) is 43.1 Å². The van der Waals surface area contributed by atoms with E-state index < -0.39 is 26.5 Å². The largest absolute Gasteiger partial charge is 0.493 e. The van der Waals surface area contributed by atoms with Crippen molar-refractivity contribution in [1.82, 2.24) is 9.29 Å². The lowest BCUT2D eigenvalue weighted by Crippen LogP contribution is -2.33. The number of hydrogen-bond acceptors (Lipinski definition) is 9. The van der Waals surface area contributed by atoms with Gasteiger partial charge in [0.25, 0.3) is 11.6 Å². The minimum absolute atomic E-state index is 0.117. The van der Waals surface area contributed by atoms with Gasteiger partial charge in [0.1, 0.15) is 5.56 Å². The maximum atomic E-state index is 13.3. The van der Waals surface area contributed by atoms with Crippen LogP contribution in [0.15, 0.2) is 35.2 Å². The quantitative estimate of drug-likeness (QED) is 0.230. The van der Waals surface area contributed by atoms with Crippen molar-refractivity contribution in [3.63, 3.8) is 0 Å². The summed E-state index contributed by atoms with van der Waals surface area (Å²) in [6, 6.07) is 6.98. The maximum Gasteiger partial charge on any atom is 0.286 e. The number of rotatable bonds is 13. The third kappa shape index (κ3) is 6.35. The Hall–Kier alpha value is -3.29. The van der Waals surface area contributed by atoms with Gasteiger partial charge in [-0.15, -0.1) is 0 Å². The number of aromatic nitrogens is 1. The molecule has 0 aliphatic rings. The van der Waals surface area contributed by atoms with E-state index in [-0.39, 0.29) is 27.1 Å². The molecule has 1 aromatic heterocycles. The topological polar surface area (TPSA) is 141 Å². The molecule has 11 nitrogen and oxygen atoms in total. The van der Waals surface area contributed by atoms with Crippen LogP contribution in [-0.2, 0) is 10.0 Å². The lowest BCUT2D eigenvalue weighted by Gasteiger charge is -2.21. The van der Waals surface area contributed by atoms with Crippen LogP contribution in [0.5, 0.6) is 11.5 Å². The van der Waals surface area contributed by atoms with Crippen LogP contribution in [0.2, 0.25) is 0 Å². The van der Waals surface area contributed by atoms with Gasteiger partial charge in [-0.25, -0.2) is 13.4 Å². The zero-order chi connectivity index (χ0) is 27.2. The van der Waals surface area contributed by atoms with Gasteiger partial charge in [-0.1, -0.05) is 38.0 Å². The molecule has 2 aromatic carbocycles. The fraction of sp³-hybridized carbons (Fsp3) is 0.417. The van der Waals surface area contributed by atoms with Crippen molar-refractivity contribution in [3.05, 3.63) is 46.0 Å². The number of sulfonamides is 1. The molecule has 1 amide bonds. The minimum atomic E-state index is -3.70. The highest BCUT2D eigenvalue weighted by Crippen LogP contribution is 2.35. The highest BCUT2D eigenvalue weighted by Gasteiger charge is 2.27. The van der Waals surface area contributed by atoms with E-state index in [4.69, 9.17) is 9.47 Å². The first-order valence-electron chi connectivity index (χ1n) is 11.8. The molecule has 0 spiro atoms.